The van der Waals surface area contributed by atoms with E-state index in [4.69, 9.17) is 15.2 Å². The zero-order valence-corrected chi connectivity index (χ0v) is 17.5. The number of nitrogens with two attached hydrogens (primary N) is 1. The lowest BCUT2D eigenvalue weighted by molar-refractivity contribution is -0.153. The largest absolute Gasteiger partial charge is 0.462 e. The van der Waals surface area contributed by atoms with Crippen LogP contribution in [-0.2, 0) is 25.4 Å². The number of esters is 1. The Labute approximate surface area is 163 Å². The lowest BCUT2D eigenvalue weighted by Crippen LogP contribution is -2.47. The second-order valence-corrected chi connectivity index (χ2v) is 9.21. The van der Waals surface area contributed by atoms with Crippen LogP contribution in [0.25, 0.3) is 11.2 Å². The Morgan fingerprint density at radius 2 is 2.04 bits per heavy atom. The van der Waals surface area contributed by atoms with E-state index in [1.807, 2.05) is 0 Å². The van der Waals surface area contributed by atoms with Crippen LogP contribution >= 0.6 is 7.52 Å². The quantitative estimate of drug-likeness (QED) is 0.403. The van der Waals surface area contributed by atoms with Gasteiger partial charge in [-0.25, -0.2) is 20.0 Å². The predicted octanol–water partition coefficient (Wildman–Crippen LogP) is 1.28. The Morgan fingerprint density at radius 3 is 2.68 bits per heavy atom. The minimum Gasteiger partial charge on any atom is -0.462 e. The van der Waals surface area contributed by atoms with Crippen LogP contribution in [0.2, 0.25) is 0 Å². The van der Waals surface area contributed by atoms with E-state index in [0.29, 0.717) is 17.7 Å². The fraction of sp³-hybridized carbons (Fsp3) is 0.625. The number of hydrogen-bond acceptors (Lipinski definition) is 8. The Bertz CT molecular complexity index is 884. The van der Waals surface area contributed by atoms with E-state index >= 15 is 0 Å². The van der Waals surface area contributed by atoms with Crippen molar-refractivity contribution in [2.45, 2.75) is 58.9 Å². The lowest BCUT2D eigenvalue weighted by Gasteiger charge is -2.28. The van der Waals surface area contributed by atoms with Crippen LogP contribution in [-0.4, -0.2) is 54.5 Å². The molecule has 0 aliphatic rings. The van der Waals surface area contributed by atoms with Crippen LogP contribution in [0.3, 0.4) is 0 Å². The first-order chi connectivity index (χ1) is 12.9. The molecule has 2 rings (SSSR count). The van der Waals surface area contributed by atoms with Gasteiger partial charge in [-0.2, -0.15) is 0 Å². The van der Waals surface area contributed by atoms with Crippen LogP contribution in [0, 0.1) is 0 Å². The van der Waals surface area contributed by atoms with E-state index < -0.39 is 31.5 Å². The van der Waals surface area contributed by atoms with E-state index in [1.165, 1.54) is 20.2 Å². The number of rotatable bonds is 9. The molecule has 0 aliphatic heterocycles. The molecule has 156 valence electrons. The highest BCUT2D eigenvalue weighted by Gasteiger charge is 2.37. The number of hydrogen-bond donors (Lipinski definition) is 3. The molecule has 2 aromatic rings. The van der Waals surface area contributed by atoms with Crippen molar-refractivity contribution < 1.29 is 23.7 Å². The number of anilines is 1. The predicted molar refractivity (Wildman–Crippen MR) is 103 cm³/mol. The number of nitrogens with zero attached hydrogens (tertiary/aromatic N) is 4. The van der Waals surface area contributed by atoms with Crippen LogP contribution in [0.1, 0.15) is 34.6 Å². The maximum Gasteiger partial charge on any atom is 0.326 e. The molecule has 4 N–H and O–H groups in total. The van der Waals surface area contributed by atoms with Crippen molar-refractivity contribution in [2.24, 2.45) is 0 Å². The van der Waals surface area contributed by atoms with Crippen molar-refractivity contribution in [1.29, 1.82) is 0 Å². The molecule has 0 radical (unpaired) electrons. The number of aromatic nitrogens is 4. The Morgan fingerprint density at radius 1 is 1.36 bits per heavy atom. The average Bonchev–Trinajstić information content (AvgIpc) is 2.96. The van der Waals surface area contributed by atoms with Gasteiger partial charge in [0.25, 0.3) is 7.52 Å². The highest BCUT2D eigenvalue weighted by Crippen LogP contribution is 2.39. The number of nitrogens with one attached hydrogen (secondary N) is 1. The molecular weight excluding hydrogens is 387 g/mol. The smallest absolute Gasteiger partial charge is 0.326 e. The minimum atomic E-state index is -3.95. The van der Waals surface area contributed by atoms with Gasteiger partial charge in [0.2, 0.25) is 0 Å². The lowest BCUT2D eigenvalue weighted by atomic mass is 10.1. The van der Waals surface area contributed by atoms with E-state index in [0.717, 1.165) is 0 Å². The highest BCUT2D eigenvalue weighted by atomic mass is 31.2. The summed E-state index contributed by atoms with van der Waals surface area (Å²) >= 11 is 0. The molecule has 11 nitrogen and oxygen atoms in total. The first-order valence-corrected chi connectivity index (χ1v) is 10.6. The maximum atomic E-state index is 12.4. The monoisotopic (exact) mass is 414 g/mol. The molecule has 0 spiro atoms. The summed E-state index contributed by atoms with van der Waals surface area (Å²) in [5, 5.41) is 2.44. The van der Waals surface area contributed by atoms with Gasteiger partial charge < -0.3 is 24.7 Å². The molecule has 0 aliphatic carbocycles. The standard InChI is InChI=1S/C16H27N6O5P/c1-10(2)27-15(23)16(4,5)21-28(24,25)9-26-11(3)6-22-8-20-12-13(17)18-7-19-14(12)22/h7-8,10-11H,6,9H2,1-5H3,(H2,17,18,19)(H2,21,24,25). The highest BCUT2D eigenvalue weighted by molar-refractivity contribution is 7.55. The second-order valence-electron chi connectivity index (χ2n) is 7.33. The van der Waals surface area contributed by atoms with E-state index in [2.05, 4.69) is 20.0 Å². The van der Waals surface area contributed by atoms with Gasteiger partial charge in [0, 0.05) is 0 Å². The molecule has 0 amide bonds. The van der Waals surface area contributed by atoms with Gasteiger partial charge in [0.1, 0.15) is 23.7 Å². The Kier molecular flexibility index (Phi) is 6.76. The SMILES string of the molecule is CC(C)OC(=O)C(C)(C)NP(=O)(O)COC(C)Cn1cnc2c(N)ncnc21. The van der Waals surface area contributed by atoms with Crippen molar-refractivity contribution in [3.8, 4) is 0 Å². The second kappa shape index (κ2) is 8.52. The number of carbonyl (C=O) groups excluding carboxylic acids is 1. The molecular formula is C16H27N6O5P. The van der Waals surface area contributed by atoms with Crippen LogP contribution in [0.4, 0.5) is 5.82 Å². The number of nitrogen functional groups attached to an aromatic ring is 1. The van der Waals surface area contributed by atoms with Crippen LogP contribution in [0.15, 0.2) is 12.7 Å². The van der Waals surface area contributed by atoms with Gasteiger partial charge in [0.05, 0.1) is 25.1 Å². The average molecular weight is 414 g/mol. The van der Waals surface area contributed by atoms with Gasteiger partial charge in [-0.05, 0) is 34.6 Å². The molecule has 2 atom stereocenters. The number of carbonyl (C=O) groups is 1. The van der Waals surface area contributed by atoms with Gasteiger partial charge in [-0.15, -0.1) is 0 Å². The molecule has 0 saturated carbocycles. The molecule has 0 aromatic carbocycles. The molecule has 0 saturated heterocycles. The third kappa shape index (κ3) is 5.71. The summed E-state index contributed by atoms with van der Waals surface area (Å²) in [6, 6.07) is 0. The Balaban J connectivity index is 1.95. The summed E-state index contributed by atoms with van der Waals surface area (Å²) in [6.07, 6.45) is 1.66. The van der Waals surface area contributed by atoms with Gasteiger partial charge >= 0.3 is 5.97 Å². The first-order valence-electron chi connectivity index (χ1n) is 8.76. The summed E-state index contributed by atoms with van der Waals surface area (Å²) in [5.74, 6) is -0.344. The van der Waals surface area contributed by atoms with E-state index in [1.54, 1.807) is 31.7 Å². The molecule has 2 unspecified atom stereocenters. The topological polar surface area (TPSA) is 154 Å². The molecule has 2 heterocycles. The minimum absolute atomic E-state index is 0.275. The summed E-state index contributed by atoms with van der Waals surface area (Å²) < 4.78 is 24.8. The summed E-state index contributed by atoms with van der Waals surface area (Å²) in [5.41, 5.74) is 5.45. The van der Waals surface area contributed by atoms with Crippen molar-refractivity contribution >= 4 is 30.5 Å². The number of fused-ring (bicyclic) bond motifs is 1. The fourth-order valence-corrected chi connectivity index (χ4v) is 3.95. The summed E-state index contributed by atoms with van der Waals surface area (Å²) in [4.78, 5) is 34.4. The molecule has 12 heteroatoms. The third-order valence-corrected chi connectivity index (χ3v) is 5.13. The zero-order valence-electron chi connectivity index (χ0n) is 16.6. The molecule has 0 bridgehead atoms. The van der Waals surface area contributed by atoms with Crippen molar-refractivity contribution in [3.63, 3.8) is 0 Å². The van der Waals surface area contributed by atoms with Gasteiger partial charge in [-0.1, -0.05) is 0 Å². The molecule has 28 heavy (non-hydrogen) atoms. The number of ether oxygens (including phenoxy) is 2. The van der Waals surface area contributed by atoms with E-state index in [9.17, 15) is 14.3 Å². The summed E-state index contributed by atoms with van der Waals surface area (Å²) in [6.45, 7) is 8.45. The van der Waals surface area contributed by atoms with Gasteiger partial charge in [0.15, 0.2) is 11.5 Å². The third-order valence-electron chi connectivity index (χ3n) is 3.72. The maximum absolute atomic E-state index is 12.4. The van der Waals surface area contributed by atoms with Crippen LogP contribution < -0.4 is 10.8 Å². The van der Waals surface area contributed by atoms with E-state index in [-0.39, 0.29) is 11.9 Å². The Hall–Kier alpha value is -2.07. The molecule has 2 aromatic heterocycles. The van der Waals surface area contributed by atoms with Crippen molar-refractivity contribution in [2.75, 3.05) is 12.1 Å². The van der Waals surface area contributed by atoms with Gasteiger partial charge in [-0.3, -0.25) is 9.36 Å². The zero-order chi connectivity index (χ0) is 21.1. The summed E-state index contributed by atoms with van der Waals surface area (Å²) in [7, 11) is -3.95. The fourth-order valence-electron chi connectivity index (χ4n) is 2.47. The van der Waals surface area contributed by atoms with Crippen LogP contribution in [0.5, 0.6) is 0 Å². The normalized spacial score (nSPS) is 15.5. The van der Waals surface area contributed by atoms with Crippen molar-refractivity contribution in [3.05, 3.63) is 12.7 Å². The first kappa shape index (κ1) is 22.2. The molecule has 0 fully saturated rings. The number of imidazole rings is 1. The van der Waals surface area contributed by atoms with Crippen molar-refractivity contribution in [1.82, 2.24) is 24.6 Å².